The molecule has 0 saturated carbocycles. The van der Waals surface area contributed by atoms with Crippen LogP contribution in [-0.2, 0) is 0 Å². The van der Waals surface area contributed by atoms with Gasteiger partial charge < -0.3 is 10.4 Å². The molecule has 1 amide bonds. The molecule has 0 spiro atoms. The van der Waals surface area contributed by atoms with Crippen LogP contribution in [0.25, 0.3) is 0 Å². The molecule has 0 aliphatic rings. The number of nitrogens with one attached hydrogen (secondary N) is 1. The number of benzene rings is 1. The van der Waals surface area contributed by atoms with Crippen LogP contribution in [0.2, 0.25) is 0 Å². The molecule has 2 N–H and O–H groups in total. The van der Waals surface area contributed by atoms with E-state index in [1.807, 2.05) is 49.6 Å². The first-order valence-electron chi connectivity index (χ1n) is 6.66. The Balaban J connectivity index is 2.11. The quantitative estimate of drug-likeness (QED) is 0.856. The number of hydrogen-bond acceptors (Lipinski definition) is 3. The summed E-state index contributed by atoms with van der Waals surface area (Å²) in [6.07, 6.45) is 0. The molecule has 108 valence electrons. The smallest absolute Gasteiger partial charge is 0.262 e. The summed E-state index contributed by atoms with van der Waals surface area (Å²) in [7, 11) is 0. The Bertz CT molecular complexity index is 694. The number of carbonyl (C=O) groups is 1. The minimum Gasteiger partial charge on any atom is -0.384 e. The molecule has 1 atom stereocenters. The highest BCUT2D eigenvalue weighted by Gasteiger charge is 2.14. The first kappa shape index (κ1) is 15.3. The Kier molecular flexibility index (Phi) is 5.15. The van der Waals surface area contributed by atoms with Gasteiger partial charge in [0.1, 0.15) is 6.61 Å². The van der Waals surface area contributed by atoms with E-state index in [0.717, 1.165) is 21.6 Å². The van der Waals surface area contributed by atoms with Gasteiger partial charge in [-0.3, -0.25) is 4.79 Å². The van der Waals surface area contributed by atoms with E-state index in [2.05, 4.69) is 17.2 Å². The van der Waals surface area contributed by atoms with Crippen molar-refractivity contribution in [3.05, 3.63) is 57.3 Å². The van der Waals surface area contributed by atoms with Crippen molar-refractivity contribution in [1.82, 2.24) is 5.32 Å². The van der Waals surface area contributed by atoms with Crippen molar-refractivity contribution >= 4 is 17.2 Å². The second kappa shape index (κ2) is 7.07. The molecule has 4 heteroatoms. The summed E-state index contributed by atoms with van der Waals surface area (Å²) in [6, 6.07) is 9.50. The van der Waals surface area contributed by atoms with Crippen molar-refractivity contribution in [3.8, 4) is 11.8 Å². The molecule has 21 heavy (non-hydrogen) atoms. The fourth-order valence-corrected chi connectivity index (χ4v) is 2.81. The molecule has 2 rings (SSSR count). The fraction of sp³-hybridized carbons (Fsp3) is 0.235. The maximum atomic E-state index is 12.2. The van der Waals surface area contributed by atoms with E-state index in [1.54, 1.807) is 0 Å². The summed E-state index contributed by atoms with van der Waals surface area (Å²) >= 11 is 1.45. The molecule has 0 fully saturated rings. The highest BCUT2D eigenvalue weighted by atomic mass is 32.1. The van der Waals surface area contributed by atoms with Crippen LogP contribution in [0.3, 0.4) is 0 Å². The summed E-state index contributed by atoms with van der Waals surface area (Å²) < 4.78 is 0. The van der Waals surface area contributed by atoms with Crippen molar-refractivity contribution in [2.24, 2.45) is 0 Å². The SMILES string of the molecule is Cc1ccsc1C(=O)NC(C)c1cccc(C#CCO)c1. The van der Waals surface area contributed by atoms with Gasteiger partial charge in [0.25, 0.3) is 5.91 Å². The number of aliphatic hydroxyl groups excluding tert-OH is 1. The van der Waals surface area contributed by atoms with Crippen molar-refractivity contribution in [2.75, 3.05) is 6.61 Å². The normalized spacial score (nSPS) is 11.4. The highest BCUT2D eigenvalue weighted by molar-refractivity contribution is 7.12. The van der Waals surface area contributed by atoms with Crippen LogP contribution in [0, 0.1) is 18.8 Å². The van der Waals surface area contributed by atoms with Crippen LogP contribution in [0.4, 0.5) is 0 Å². The zero-order chi connectivity index (χ0) is 15.2. The molecule has 2 aromatic rings. The monoisotopic (exact) mass is 299 g/mol. The van der Waals surface area contributed by atoms with E-state index in [1.165, 1.54) is 11.3 Å². The first-order valence-corrected chi connectivity index (χ1v) is 7.54. The number of amides is 1. The second-order valence-electron chi connectivity index (χ2n) is 4.71. The van der Waals surface area contributed by atoms with Gasteiger partial charge in [-0.15, -0.1) is 11.3 Å². The third-order valence-corrected chi connectivity index (χ3v) is 4.13. The largest absolute Gasteiger partial charge is 0.384 e. The summed E-state index contributed by atoms with van der Waals surface area (Å²) in [5.74, 6) is 5.44. The van der Waals surface area contributed by atoms with Gasteiger partial charge in [-0.1, -0.05) is 24.0 Å². The summed E-state index contributed by atoms with van der Waals surface area (Å²) in [5, 5.41) is 13.6. The molecule has 1 aromatic heterocycles. The fourth-order valence-electron chi connectivity index (χ4n) is 1.98. The molecule has 0 saturated heterocycles. The zero-order valence-corrected chi connectivity index (χ0v) is 12.8. The van der Waals surface area contributed by atoms with Gasteiger partial charge in [-0.05, 0) is 48.6 Å². The lowest BCUT2D eigenvalue weighted by Crippen LogP contribution is -2.26. The number of hydrogen-bond donors (Lipinski definition) is 2. The number of carbonyl (C=O) groups excluding carboxylic acids is 1. The van der Waals surface area contributed by atoms with Crippen LogP contribution in [0.15, 0.2) is 35.7 Å². The maximum Gasteiger partial charge on any atom is 0.262 e. The van der Waals surface area contributed by atoms with Crippen LogP contribution in [0.1, 0.15) is 39.3 Å². The van der Waals surface area contributed by atoms with Crippen LogP contribution in [0.5, 0.6) is 0 Å². The van der Waals surface area contributed by atoms with Gasteiger partial charge in [0.15, 0.2) is 0 Å². The molecule has 0 aliphatic heterocycles. The van der Waals surface area contributed by atoms with Gasteiger partial charge in [0.05, 0.1) is 10.9 Å². The summed E-state index contributed by atoms with van der Waals surface area (Å²) in [5.41, 5.74) is 2.81. The molecule has 1 heterocycles. The van der Waals surface area contributed by atoms with E-state index >= 15 is 0 Å². The van der Waals surface area contributed by atoms with Crippen molar-refractivity contribution < 1.29 is 9.90 Å². The van der Waals surface area contributed by atoms with E-state index in [0.29, 0.717) is 0 Å². The van der Waals surface area contributed by atoms with Crippen LogP contribution >= 0.6 is 11.3 Å². The molecule has 0 aliphatic carbocycles. The second-order valence-corrected chi connectivity index (χ2v) is 5.63. The maximum absolute atomic E-state index is 12.2. The number of rotatable bonds is 3. The molecule has 1 unspecified atom stereocenters. The molecule has 1 aromatic carbocycles. The molecule has 0 radical (unpaired) electrons. The van der Waals surface area contributed by atoms with Crippen molar-refractivity contribution in [1.29, 1.82) is 0 Å². The Labute approximate surface area is 128 Å². The van der Waals surface area contributed by atoms with Gasteiger partial charge >= 0.3 is 0 Å². The predicted octanol–water partition coefficient (Wildman–Crippen LogP) is 2.89. The third-order valence-electron chi connectivity index (χ3n) is 3.11. The lowest BCUT2D eigenvalue weighted by atomic mass is 10.1. The first-order chi connectivity index (χ1) is 10.1. The summed E-state index contributed by atoms with van der Waals surface area (Å²) in [4.78, 5) is 13.0. The number of aryl methyl sites for hydroxylation is 1. The van der Waals surface area contributed by atoms with E-state index < -0.39 is 0 Å². The van der Waals surface area contributed by atoms with Gasteiger partial charge in [0, 0.05) is 5.56 Å². The Morgan fingerprint density at radius 1 is 1.43 bits per heavy atom. The Hall–Kier alpha value is -2.09. The van der Waals surface area contributed by atoms with E-state index in [9.17, 15) is 4.79 Å². The molecular weight excluding hydrogens is 282 g/mol. The molecule has 3 nitrogen and oxygen atoms in total. The average Bonchev–Trinajstić information content (AvgIpc) is 2.91. The van der Waals surface area contributed by atoms with Crippen LogP contribution in [-0.4, -0.2) is 17.6 Å². The van der Waals surface area contributed by atoms with E-state index in [4.69, 9.17) is 5.11 Å². The van der Waals surface area contributed by atoms with Crippen molar-refractivity contribution in [2.45, 2.75) is 19.9 Å². The predicted molar refractivity (Wildman–Crippen MR) is 85.3 cm³/mol. The van der Waals surface area contributed by atoms with Gasteiger partial charge in [-0.25, -0.2) is 0 Å². The van der Waals surface area contributed by atoms with Crippen LogP contribution < -0.4 is 5.32 Å². The summed E-state index contributed by atoms with van der Waals surface area (Å²) in [6.45, 7) is 3.72. The lowest BCUT2D eigenvalue weighted by molar-refractivity contribution is 0.0943. The van der Waals surface area contributed by atoms with E-state index in [-0.39, 0.29) is 18.6 Å². The molecule has 0 bridgehead atoms. The third kappa shape index (κ3) is 3.94. The van der Waals surface area contributed by atoms with Gasteiger partial charge in [0.2, 0.25) is 0 Å². The Morgan fingerprint density at radius 2 is 2.24 bits per heavy atom. The number of thiophene rings is 1. The Morgan fingerprint density at radius 3 is 2.90 bits per heavy atom. The minimum absolute atomic E-state index is 0.0538. The highest BCUT2D eigenvalue weighted by Crippen LogP contribution is 2.18. The number of aliphatic hydroxyl groups is 1. The lowest BCUT2D eigenvalue weighted by Gasteiger charge is -2.14. The standard InChI is InChI=1S/C17H17NO2S/c1-12-8-10-21-16(12)17(20)18-13(2)15-7-3-5-14(11-15)6-4-9-19/h3,5,7-8,10-11,13,19H,9H2,1-2H3,(H,18,20). The molecular formula is C17H17NO2S. The average molecular weight is 299 g/mol. The minimum atomic E-state index is -0.159. The van der Waals surface area contributed by atoms with Crippen molar-refractivity contribution in [3.63, 3.8) is 0 Å². The topological polar surface area (TPSA) is 49.3 Å². The van der Waals surface area contributed by atoms with Gasteiger partial charge in [-0.2, -0.15) is 0 Å². The zero-order valence-electron chi connectivity index (χ0n) is 12.0.